The largest absolute Gasteiger partial charge is 0.343 e. The smallest absolute Gasteiger partial charge is 0.251 e. The van der Waals surface area contributed by atoms with Crippen LogP contribution in [0.3, 0.4) is 0 Å². The number of ether oxygens (including phenoxy) is 1. The maximum absolute atomic E-state index is 11.3. The fourth-order valence-electron chi connectivity index (χ4n) is 1.59. The van der Waals surface area contributed by atoms with Gasteiger partial charge in [-0.1, -0.05) is 26.2 Å². The molecule has 1 N–H and O–H groups in total. The van der Waals surface area contributed by atoms with Crippen LogP contribution >= 0.6 is 0 Å². The molecule has 1 aliphatic heterocycles. The summed E-state index contributed by atoms with van der Waals surface area (Å²) in [6, 6.07) is 0. The lowest BCUT2D eigenvalue weighted by molar-refractivity contribution is -0.124. The summed E-state index contributed by atoms with van der Waals surface area (Å²) in [5.74, 6) is 0.0427. The number of carbonyl (C=O) groups is 1. The number of carbonyl (C=O) groups excluding carboxylic acids is 1. The van der Waals surface area contributed by atoms with Gasteiger partial charge in [0.15, 0.2) is 0 Å². The lowest BCUT2D eigenvalue weighted by Crippen LogP contribution is -2.35. The minimum atomic E-state index is -0.464. The van der Waals surface area contributed by atoms with Crippen LogP contribution < -0.4 is 5.32 Å². The van der Waals surface area contributed by atoms with Crippen LogP contribution in [-0.4, -0.2) is 17.7 Å². The zero-order chi connectivity index (χ0) is 9.90. The molecule has 3 nitrogen and oxygen atoms in total. The molecule has 0 saturated carbocycles. The van der Waals surface area contributed by atoms with Crippen LogP contribution in [-0.2, 0) is 9.53 Å². The molecule has 0 aromatic heterocycles. The molecule has 1 heterocycles. The van der Waals surface area contributed by atoms with Gasteiger partial charge in [-0.05, 0) is 20.3 Å². The van der Waals surface area contributed by atoms with Crippen molar-refractivity contribution in [1.29, 1.82) is 0 Å². The third kappa shape index (κ3) is 2.99. The van der Waals surface area contributed by atoms with E-state index in [1.165, 1.54) is 12.8 Å². The third-order valence-electron chi connectivity index (χ3n) is 2.22. The predicted octanol–water partition coefficient (Wildman–Crippen LogP) is 1.82. The molecule has 0 aromatic carbocycles. The van der Waals surface area contributed by atoms with Crippen LogP contribution in [0.5, 0.6) is 0 Å². The van der Waals surface area contributed by atoms with Crippen molar-refractivity contribution in [2.75, 3.05) is 0 Å². The van der Waals surface area contributed by atoms with Gasteiger partial charge in [0.25, 0.3) is 5.91 Å². The molecule has 1 amide bonds. The lowest BCUT2D eigenvalue weighted by Gasteiger charge is -2.17. The topological polar surface area (TPSA) is 38.3 Å². The first-order valence-corrected chi connectivity index (χ1v) is 5.05. The van der Waals surface area contributed by atoms with Crippen LogP contribution in [0.25, 0.3) is 0 Å². The van der Waals surface area contributed by atoms with E-state index >= 15 is 0 Å². The summed E-state index contributed by atoms with van der Waals surface area (Å²) in [5, 5.41) is 2.81. The van der Waals surface area contributed by atoms with E-state index in [-0.39, 0.29) is 12.0 Å². The highest BCUT2D eigenvalue weighted by molar-refractivity contribution is 5.83. The fraction of sp³-hybridized carbons (Fsp3) is 0.900. The summed E-state index contributed by atoms with van der Waals surface area (Å²) in [6.07, 6.45) is 4.06. The molecule has 0 spiro atoms. The van der Waals surface area contributed by atoms with E-state index in [0.29, 0.717) is 0 Å². The summed E-state index contributed by atoms with van der Waals surface area (Å²) < 4.78 is 5.55. The Morgan fingerprint density at radius 3 is 2.62 bits per heavy atom. The molecule has 3 heteroatoms. The Balaban J connectivity index is 2.31. The molecule has 1 rings (SSSR count). The molecule has 0 radical (unpaired) electrons. The molecule has 13 heavy (non-hydrogen) atoms. The van der Waals surface area contributed by atoms with E-state index in [1.54, 1.807) is 0 Å². The average molecular weight is 185 g/mol. The van der Waals surface area contributed by atoms with Gasteiger partial charge >= 0.3 is 0 Å². The van der Waals surface area contributed by atoms with Gasteiger partial charge in [-0.2, -0.15) is 0 Å². The quantitative estimate of drug-likeness (QED) is 0.678. The SMILES string of the molecule is CCCCCC1OC(C)(C)NC1=O. The van der Waals surface area contributed by atoms with Gasteiger partial charge in [0, 0.05) is 0 Å². The average Bonchev–Trinajstić information content (AvgIpc) is 2.25. The second kappa shape index (κ2) is 4.09. The van der Waals surface area contributed by atoms with Gasteiger partial charge in [-0.3, -0.25) is 4.79 Å². The van der Waals surface area contributed by atoms with Crippen molar-refractivity contribution in [1.82, 2.24) is 5.32 Å². The summed E-state index contributed by atoms with van der Waals surface area (Å²) in [7, 11) is 0. The molecular weight excluding hydrogens is 166 g/mol. The van der Waals surface area contributed by atoms with Crippen molar-refractivity contribution in [3.63, 3.8) is 0 Å². The molecule has 1 unspecified atom stereocenters. The third-order valence-corrected chi connectivity index (χ3v) is 2.22. The van der Waals surface area contributed by atoms with Crippen molar-refractivity contribution in [3.05, 3.63) is 0 Å². The van der Waals surface area contributed by atoms with Crippen molar-refractivity contribution in [3.8, 4) is 0 Å². The summed E-state index contributed by atoms with van der Waals surface area (Å²) in [4.78, 5) is 11.3. The predicted molar refractivity (Wildman–Crippen MR) is 51.2 cm³/mol. The Kier molecular flexibility index (Phi) is 3.31. The maximum Gasteiger partial charge on any atom is 0.251 e. The Bertz CT molecular complexity index is 189. The highest BCUT2D eigenvalue weighted by Gasteiger charge is 2.37. The number of amides is 1. The van der Waals surface area contributed by atoms with E-state index < -0.39 is 5.72 Å². The van der Waals surface area contributed by atoms with Gasteiger partial charge in [0.05, 0.1) is 0 Å². The summed E-state index contributed by atoms with van der Waals surface area (Å²) >= 11 is 0. The molecule has 0 aromatic rings. The number of unbranched alkanes of at least 4 members (excludes halogenated alkanes) is 2. The van der Waals surface area contributed by atoms with Crippen LogP contribution in [0.2, 0.25) is 0 Å². The Morgan fingerprint density at radius 1 is 1.46 bits per heavy atom. The number of hydrogen-bond acceptors (Lipinski definition) is 2. The van der Waals surface area contributed by atoms with Gasteiger partial charge < -0.3 is 10.1 Å². The lowest BCUT2D eigenvalue weighted by atomic mass is 10.1. The summed E-state index contributed by atoms with van der Waals surface area (Å²) in [6.45, 7) is 5.91. The molecule has 76 valence electrons. The number of rotatable bonds is 4. The Labute approximate surface area is 79.8 Å². The highest BCUT2D eigenvalue weighted by Crippen LogP contribution is 2.20. The maximum atomic E-state index is 11.3. The monoisotopic (exact) mass is 185 g/mol. The zero-order valence-corrected chi connectivity index (χ0v) is 8.72. The van der Waals surface area contributed by atoms with E-state index in [2.05, 4.69) is 12.2 Å². The van der Waals surface area contributed by atoms with Crippen molar-refractivity contribution in [2.45, 2.75) is 58.3 Å². The van der Waals surface area contributed by atoms with Gasteiger partial charge in [-0.15, -0.1) is 0 Å². The number of hydrogen-bond donors (Lipinski definition) is 1. The fourth-order valence-corrected chi connectivity index (χ4v) is 1.59. The standard InChI is InChI=1S/C10H19NO2/c1-4-5-6-7-8-9(12)11-10(2,3)13-8/h8H,4-7H2,1-3H3,(H,11,12). The van der Waals surface area contributed by atoms with Crippen molar-refractivity contribution in [2.24, 2.45) is 0 Å². The van der Waals surface area contributed by atoms with Gasteiger partial charge in [0.2, 0.25) is 0 Å². The first kappa shape index (κ1) is 10.5. The molecule has 0 aliphatic carbocycles. The molecule has 0 bridgehead atoms. The molecule has 1 atom stereocenters. The van der Waals surface area contributed by atoms with Gasteiger partial charge in [0.1, 0.15) is 11.8 Å². The minimum Gasteiger partial charge on any atom is -0.343 e. The highest BCUT2D eigenvalue weighted by atomic mass is 16.5. The Morgan fingerprint density at radius 2 is 2.15 bits per heavy atom. The van der Waals surface area contributed by atoms with E-state index in [4.69, 9.17) is 4.74 Å². The first-order chi connectivity index (χ1) is 6.05. The second-order valence-electron chi connectivity index (χ2n) is 4.10. The Hall–Kier alpha value is -0.570. The van der Waals surface area contributed by atoms with E-state index in [1.807, 2.05) is 13.8 Å². The molecule has 1 saturated heterocycles. The molecule has 1 fully saturated rings. The van der Waals surface area contributed by atoms with Gasteiger partial charge in [-0.25, -0.2) is 0 Å². The zero-order valence-electron chi connectivity index (χ0n) is 8.72. The second-order valence-corrected chi connectivity index (χ2v) is 4.10. The minimum absolute atomic E-state index is 0.0427. The van der Waals surface area contributed by atoms with Crippen molar-refractivity contribution >= 4 is 5.91 Å². The van der Waals surface area contributed by atoms with E-state index in [9.17, 15) is 4.79 Å². The van der Waals surface area contributed by atoms with Crippen LogP contribution in [0.15, 0.2) is 0 Å². The van der Waals surface area contributed by atoms with E-state index in [0.717, 1.165) is 12.8 Å². The van der Waals surface area contributed by atoms with Crippen molar-refractivity contribution < 1.29 is 9.53 Å². The summed E-state index contributed by atoms with van der Waals surface area (Å²) in [5.41, 5.74) is -0.464. The van der Waals surface area contributed by atoms with Crippen LogP contribution in [0.4, 0.5) is 0 Å². The number of nitrogens with one attached hydrogen (secondary N) is 1. The molecule has 1 aliphatic rings. The van der Waals surface area contributed by atoms with Crippen LogP contribution in [0, 0.1) is 0 Å². The molecular formula is C10H19NO2. The first-order valence-electron chi connectivity index (χ1n) is 5.05. The normalized spacial score (nSPS) is 26.1. The van der Waals surface area contributed by atoms with Crippen LogP contribution in [0.1, 0.15) is 46.5 Å².